The van der Waals surface area contributed by atoms with Gasteiger partial charge in [0.05, 0.1) is 12.4 Å². The van der Waals surface area contributed by atoms with Gasteiger partial charge in [-0.15, -0.1) is 0 Å². The number of hydrogen-bond donors (Lipinski definition) is 1. The van der Waals surface area contributed by atoms with E-state index < -0.39 is 0 Å². The highest BCUT2D eigenvalue weighted by Crippen LogP contribution is 2.38. The Morgan fingerprint density at radius 3 is 2.58 bits per heavy atom. The average molecular weight is 325 g/mol. The summed E-state index contributed by atoms with van der Waals surface area (Å²) < 4.78 is 2.00. The van der Waals surface area contributed by atoms with Gasteiger partial charge in [0.1, 0.15) is 0 Å². The highest BCUT2D eigenvalue weighted by molar-refractivity contribution is 5.95. The van der Waals surface area contributed by atoms with Crippen LogP contribution in [-0.4, -0.2) is 32.0 Å². The van der Waals surface area contributed by atoms with Gasteiger partial charge >= 0.3 is 0 Å². The first kappa shape index (κ1) is 16.3. The fourth-order valence-corrected chi connectivity index (χ4v) is 3.27. The number of carbonyl (C=O) groups excluding carboxylic acids is 1. The van der Waals surface area contributed by atoms with Crippen LogP contribution in [0.25, 0.3) is 0 Å². The van der Waals surface area contributed by atoms with Crippen LogP contribution >= 0.6 is 0 Å². The molecule has 1 aromatic carbocycles. The highest BCUT2D eigenvalue weighted by atomic mass is 16.3. The van der Waals surface area contributed by atoms with Crippen molar-refractivity contribution in [2.24, 2.45) is 0 Å². The fourth-order valence-electron chi connectivity index (χ4n) is 3.27. The number of aryl methyl sites for hydroxylation is 2. The summed E-state index contributed by atoms with van der Waals surface area (Å²) in [6.07, 6.45) is 6.91. The summed E-state index contributed by atoms with van der Waals surface area (Å²) in [6, 6.07) is 8.03. The van der Waals surface area contributed by atoms with Gasteiger partial charge in [0.25, 0.3) is 5.91 Å². The van der Waals surface area contributed by atoms with Crippen molar-refractivity contribution in [2.75, 3.05) is 6.54 Å². The Balaban J connectivity index is 1.80. The lowest BCUT2D eigenvalue weighted by Gasteiger charge is -2.27. The molecule has 0 aliphatic carbocycles. The van der Waals surface area contributed by atoms with Crippen LogP contribution in [0.2, 0.25) is 0 Å². The number of imidazole rings is 1. The largest absolute Gasteiger partial charge is 0.503 e. The van der Waals surface area contributed by atoms with Crippen LogP contribution < -0.4 is 0 Å². The highest BCUT2D eigenvalue weighted by Gasteiger charge is 2.38. The van der Waals surface area contributed by atoms with E-state index in [4.69, 9.17) is 0 Å². The van der Waals surface area contributed by atoms with Crippen LogP contribution in [-0.2, 0) is 11.3 Å². The lowest BCUT2D eigenvalue weighted by Crippen LogP contribution is -2.32. The Bertz CT molecular complexity index is 732. The number of rotatable bonds is 6. The summed E-state index contributed by atoms with van der Waals surface area (Å²) in [6.45, 7) is 5.42. The van der Waals surface area contributed by atoms with Crippen molar-refractivity contribution in [3.8, 4) is 0 Å². The first-order valence-corrected chi connectivity index (χ1v) is 8.37. The van der Waals surface area contributed by atoms with Crippen LogP contribution in [0.15, 0.2) is 54.3 Å². The molecule has 0 radical (unpaired) electrons. The molecule has 5 heteroatoms. The number of carbonyl (C=O) groups is 1. The Morgan fingerprint density at radius 2 is 1.96 bits per heavy atom. The second-order valence-electron chi connectivity index (χ2n) is 6.19. The van der Waals surface area contributed by atoms with Crippen molar-refractivity contribution in [3.05, 3.63) is 65.4 Å². The Kier molecular flexibility index (Phi) is 4.69. The molecule has 1 atom stereocenters. The van der Waals surface area contributed by atoms with E-state index in [1.165, 1.54) is 5.56 Å². The zero-order chi connectivity index (χ0) is 17.1. The maximum absolute atomic E-state index is 12.5. The molecule has 0 spiro atoms. The lowest BCUT2D eigenvalue weighted by molar-refractivity contribution is -0.129. The topological polar surface area (TPSA) is 58.4 Å². The minimum absolute atomic E-state index is 0.0781. The van der Waals surface area contributed by atoms with E-state index in [9.17, 15) is 9.90 Å². The molecular formula is C19H23N3O2. The van der Waals surface area contributed by atoms with E-state index >= 15 is 0 Å². The van der Waals surface area contributed by atoms with Gasteiger partial charge in [-0.25, -0.2) is 4.98 Å². The summed E-state index contributed by atoms with van der Waals surface area (Å²) in [4.78, 5) is 18.3. The number of aliphatic hydroxyl groups is 1. The van der Waals surface area contributed by atoms with E-state index in [-0.39, 0.29) is 17.7 Å². The van der Waals surface area contributed by atoms with Gasteiger partial charge in [-0.2, -0.15) is 0 Å². The van der Waals surface area contributed by atoms with E-state index in [1.807, 2.05) is 48.9 Å². The molecule has 1 amide bonds. The molecule has 0 fully saturated rings. The third kappa shape index (κ3) is 3.07. The quantitative estimate of drug-likeness (QED) is 0.885. The summed E-state index contributed by atoms with van der Waals surface area (Å²) in [5.41, 5.74) is 3.05. The molecule has 24 heavy (non-hydrogen) atoms. The number of benzene rings is 1. The smallest absolute Gasteiger partial charge is 0.289 e. The van der Waals surface area contributed by atoms with E-state index in [0.29, 0.717) is 13.0 Å². The van der Waals surface area contributed by atoms with Crippen LogP contribution in [0.1, 0.15) is 36.9 Å². The molecule has 2 aromatic rings. The standard InChI is InChI=1S/C19H23N3O2/c1-3-16-17(15-7-5-14(2)6-8-15)22(19(24)18(16)23)11-4-10-21-12-9-20-13-21/h5-9,12-13,17,23H,3-4,10-11H2,1-2H3. The molecule has 1 aliphatic heterocycles. The van der Waals surface area contributed by atoms with Crippen molar-refractivity contribution in [2.45, 2.75) is 39.3 Å². The van der Waals surface area contributed by atoms with Crippen molar-refractivity contribution in [1.29, 1.82) is 0 Å². The molecule has 0 saturated carbocycles. The number of hydrogen-bond acceptors (Lipinski definition) is 3. The molecule has 0 saturated heterocycles. The van der Waals surface area contributed by atoms with Gasteiger partial charge in [0.15, 0.2) is 5.76 Å². The monoisotopic (exact) mass is 325 g/mol. The molecule has 1 unspecified atom stereocenters. The maximum Gasteiger partial charge on any atom is 0.289 e. The molecule has 5 nitrogen and oxygen atoms in total. The van der Waals surface area contributed by atoms with Gasteiger partial charge in [-0.1, -0.05) is 36.8 Å². The Hall–Kier alpha value is -2.56. The predicted molar refractivity (Wildman–Crippen MR) is 92.4 cm³/mol. The fraction of sp³-hybridized carbons (Fsp3) is 0.368. The second kappa shape index (κ2) is 6.91. The molecule has 1 N–H and O–H groups in total. The second-order valence-corrected chi connectivity index (χ2v) is 6.19. The van der Waals surface area contributed by atoms with Crippen molar-refractivity contribution in [3.63, 3.8) is 0 Å². The van der Waals surface area contributed by atoms with Crippen molar-refractivity contribution < 1.29 is 9.90 Å². The SMILES string of the molecule is CCC1=C(O)C(=O)N(CCCn2ccnc2)C1c1ccc(C)cc1. The minimum atomic E-state index is -0.261. The number of aliphatic hydroxyl groups excluding tert-OH is 1. The lowest BCUT2D eigenvalue weighted by atomic mass is 9.96. The van der Waals surface area contributed by atoms with Gasteiger partial charge in [0, 0.05) is 31.1 Å². The van der Waals surface area contributed by atoms with Gasteiger partial charge in [-0.05, 0) is 25.3 Å². The summed E-state index contributed by atoms with van der Waals surface area (Å²) in [7, 11) is 0. The first-order chi connectivity index (χ1) is 11.6. The maximum atomic E-state index is 12.5. The minimum Gasteiger partial charge on any atom is -0.503 e. The zero-order valence-corrected chi connectivity index (χ0v) is 14.1. The molecule has 0 bridgehead atoms. The first-order valence-electron chi connectivity index (χ1n) is 8.37. The van der Waals surface area contributed by atoms with Crippen molar-refractivity contribution in [1.82, 2.24) is 14.5 Å². The molecule has 126 valence electrons. The molecule has 1 aliphatic rings. The molecular weight excluding hydrogens is 302 g/mol. The normalized spacial score (nSPS) is 17.8. The average Bonchev–Trinajstić information content (AvgIpc) is 3.17. The number of amides is 1. The van der Waals surface area contributed by atoms with Gasteiger partial charge < -0.3 is 14.6 Å². The molecule has 2 heterocycles. The third-order valence-electron chi connectivity index (χ3n) is 4.56. The van der Waals surface area contributed by atoms with Gasteiger partial charge in [-0.3, -0.25) is 4.79 Å². The Morgan fingerprint density at radius 1 is 1.21 bits per heavy atom. The summed E-state index contributed by atoms with van der Waals surface area (Å²) in [5, 5.41) is 10.3. The number of aromatic nitrogens is 2. The van der Waals surface area contributed by atoms with Crippen LogP contribution in [0.3, 0.4) is 0 Å². The zero-order valence-electron chi connectivity index (χ0n) is 14.1. The van der Waals surface area contributed by atoms with Crippen LogP contribution in [0, 0.1) is 6.92 Å². The van der Waals surface area contributed by atoms with E-state index in [2.05, 4.69) is 4.98 Å². The van der Waals surface area contributed by atoms with Crippen LogP contribution in [0.5, 0.6) is 0 Å². The number of nitrogens with zero attached hydrogens (tertiary/aromatic N) is 3. The summed E-state index contributed by atoms with van der Waals surface area (Å²) in [5.74, 6) is -0.339. The van der Waals surface area contributed by atoms with E-state index in [1.54, 1.807) is 17.4 Å². The summed E-state index contributed by atoms with van der Waals surface area (Å²) >= 11 is 0. The van der Waals surface area contributed by atoms with Crippen LogP contribution in [0.4, 0.5) is 0 Å². The van der Waals surface area contributed by atoms with Crippen molar-refractivity contribution >= 4 is 5.91 Å². The molecule has 1 aromatic heterocycles. The van der Waals surface area contributed by atoms with E-state index in [0.717, 1.165) is 24.1 Å². The molecule has 3 rings (SSSR count). The third-order valence-corrected chi connectivity index (χ3v) is 4.56. The Labute approximate surface area is 142 Å². The predicted octanol–water partition coefficient (Wildman–Crippen LogP) is 3.39. The van der Waals surface area contributed by atoms with Gasteiger partial charge in [0.2, 0.25) is 0 Å².